The first-order valence-corrected chi connectivity index (χ1v) is 11.0. The van der Waals surface area contributed by atoms with Crippen molar-refractivity contribution in [3.8, 4) is 0 Å². The van der Waals surface area contributed by atoms with Crippen molar-refractivity contribution in [1.29, 1.82) is 0 Å². The summed E-state index contributed by atoms with van der Waals surface area (Å²) in [6, 6.07) is 16.5. The van der Waals surface area contributed by atoms with Crippen LogP contribution >= 0.6 is 0 Å². The molecule has 6 heteroatoms. The standard InChI is InChI=1S/C28H22N2O4/c1-16-23(27(32)17-9-3-2-4-10-17)26(30-25(16)28(33)34)24(19-12-6-8-14-22(19)31)20-15-29-21-13-7-5-11-18(20)21/h2-14,19,29-30H,15H2,1H3,(H,33,34). The molecular weight excluding hydrogens is 428 g/mol. The van der Waals surface area contributed by atoms with Crippen molar-refractivity contribution in [2.45, 2.75) is 6.92 Å². The summed E-state index contributed by atoms with van der Waals surface area (Å²) in [5.41, 5.74) is 4.69. The van der Waals surface area contributed by atoms with Gasteiger partial charge in [-0.25, -0.2) is 4.79 Å². The number of fused-ring (bicyclic) bond motifs is 1. The van der Waals surface area contributed by atoms with Gasteiger partial charge in [-0.3, -0.25) is 9.59 Å². The quantitative estimate of drug-likeness (QED) is 0.480. The van der Waals surface area contributed by atoms with E-state index in [-0.39, 0.29) is 22.8 Å². The highest BCUT2D eigenvalue weighted by atomic mass is 16.4. The second-order valence-corrected chi connectivity index (χ2v) is 8.29. The summed E-state index contributed by atoms with van der Waals surface area (Å²) in [6.07, 6.45) is 6.78. The fourth-order valence-corrected chi connectivity index (χ4v) is 4.70. The summed E-state index contributed by atoms with van der Waals surface area (Å²) in [4.78, 5) is 41.8. The van der Waals surface area contributed by atoms with Crippen molar-refractivity contribution in [2.75, 3.05) is 11.9 Å². The van der Waals surface area contributed by atoms with Crippen molar-refractivity contribution in [2.24, 2.45) is 5.92 Å². The molecule has 3 N–H and O–H groups in total. The molecule has 0 saturated carbocycles. The van der Waals surface area contributed by atoms with Crippen LogP contribution < -0.4 is 5.32 Å². The third kappa shape index (κ3) is 3.49. The van der Waals surface area contributed by atoms with Gasteiger partial charge < -0.3 is 15.4 Å². The van der Waals surface area contributed by atoms with E-state index in [4.69, 9.17) is 0 Å². The number of aromatic nitrogens is 1. The Morgan fingerprint density at radius 1 is 0.971 bits per heavy atom. The van der Waals surface area contributed by atoms with Gasteiger partial charge in [0, 0.05) is 23.4 Å². The largest absolute Gasteiger partial charge is 0.477 e. The molecule has 0 bridgehead atoms. The first-order chi connectivity index (χ1) is 16.5. The number of rotatable bonds is 5. The monoisotopic (exact) mass is 450 g/mol. The molecule has 0 fully saturated rings. The van der Waals surface area contributed by atoms with Gasteiger partial charge in [-0.1, -0.05) is 66.8 Å². The number of carboxylic acid groups (broad SMARTS) is 1. The van der Waals surface area contributed by atoms with Gasteiger partial charge in [0.2, 0.25) is 0 Å². The minimum Gasteiger partial charge on any atom is -0.477 e. The number of allylic oxidation sites excluding steroid dienone is 5. The van der Waals surface area contributed by atoms with E-state index in [1.807, 2.05) is 30.3 Å². The fraction of sp³-hybridized carbons (Fsp3) is 0.107. The highest BCUT2D eigenvalue weighted by molar-refractivity contribution is 6.18. The van der Waals surface area contributed by atoms with Gasteiger partial charge in [-0.15, -0.1) is 0 Å². The highest BCUT2D eigenvalue weighted by Gasteiger charge is 2.34. The van der Waals surface area contributed by atoms with Gasteiger partial charge in [0.25, 0.3) is 0 Å². The molecule has 168 valence electrons. The van der Waals surface area contributed by atoms with Crippen LogP contribution in [0.15, 0.2) is 78.9 Å². The molecule has 3 aromatic rings. The summed E-state index contributed by atoms with van der Waals surface area (Å²) in [7, 11) is 0. The number of carboxylic acids is 1. The van der Waals surface area contributed by atoms with Gasteiger partial charge in [0.15, 0.2) is 11.6 Å². The maximum Gasteiger partial charge on any atom is 0.352 e. The summed E-state index contributed by atoms with van der Waals surface area (Å²) >= 11 is 0. The Bertz CT molecular complexity index is 1420. The number of hydrogen-bond acceptors (Lipinski definition) is 4. The fourth-order valence-electron chi connectivity index (χ4n) is 4.70. The lowest BCUT2D eigenvalue weighted by Gasteiger charge is -2.20. The van der Waals surface area contributed by atoms with Crippen molar-refractivity contribution in [3.63, 3.8) is 0 Å². The zero-order valence-electron chi connectivity index (χ0n) is 18.5. The molecule has 1 atom stereocenters. The molecule has 5 rings (SSSR count). The first kappa shape index (κ1) is 21.4. The molecule has 1 aromatic heterocycles. The maximum atomic E-state index is 13.7. The Balaban J connectivity index is 1.82. The van der Waals surface area contributed by atoms with Crippen molar-refractivity contribution >= 4 is 34.4 Å². The third-order valence-electron chi connectivity index (χ3n) is 6.32. The number of H-pyrrole nitrogens is 1. The van der Waals surface area contributed by atoms with Crippen LogP contribution in [0, 0.1) is 12.8 Å². The number of para-hydroxylation sites is 1. The van der Waals surface area contributed by atoms with Crippen molar-refractivity contribution in [1.82, 2.24) is 4.98 Å². The molecular formula is C28H22N2O4. The van der Waals surface area contributed by atoms with E-state index in [0.717, 1.165) is 16.8 Å². The zero-order chi connectivity index (χ0) is 23.8. The Morgan fingerprint density at radius 2 is 1.71 bits per heavy atom. The number of anilines is 1. The Hall–Kier alpha value is -4.45. The molecule has 0 saturated heterocycles. The topological polar surface area (TPSA) is 99.3 Å². The van der Waals surface area contributed by atoms with Gasteiger partial charge in [0.05, 0.1) is 17.2 Å². The van der Waals surface area contributed by atoms with E-state index in [1.54, 1.807) is 49.4 Å². The van der Waals surface area contributed by atoms with Crippen LogP contribution in [-0.4, -0.2) is 34.2 Å². The molecule has 1 unspecified atom stereocenters. The number of ketones is 2. The van der Waals surface area contributed by atoms with Crippen molar-refractivity contribution in [3.05, 3.63) is 113 Å². The van der Waals surface area contributed by atoms with Gasteiger partial charge in [-0.2, -0.15) is 0 Å². The van der Waals surface area contributed by atoms with Crippen LogP contribution in [0.4, 0.5) is 5.69 Å². The van der Waals surface area contributed by atoms with E-state index < -0.39 is 11.9 Å². The van der Waals surface area contributed by atoms with Crippen LogP contribution in [0.25, 0.3) is 11.1 Å². The lowest BCUT2D eigenvalue weighted by molar-refractivity contribution is -0.115. The summed E-state index contributed by atoms with van der Waals surface area (Å²) in [5.74, 6) is -2.24. The van der Waals surface area contributed by atoms with E-state index in [2.05, 4.69) is 10.3 Å². The molecule has 2 heterocycles. The molecule has 1 aliphatic carbocycles. The smallest absolute Gasteiger partial charge is 0.352 e. The molecule has 2 aliphatic rings. The summed E-state index contributed by atoms with van der Waals surface area (Å²) in [5, 5.41) is 13.2. The molecule has 0 spiro atoms. The Kier molecular flexibility index (Phi) is 5.34. The third-order valence-corrected chi connectivity index (χ3v) is 6.32. The molecule has 6 nitrogen and oxygen atoms in total. The number of nitrogens with one attached hydrogen (secondary N) is 2. The lowest BCUT2D eigenvalue weighted by Crippen LogP contribution is -2.18. The van der Waals surface area contributed by atoms with E-state index >= 15 is 0 Å². The van der Waals surface area contributed by atoms with E-state index in [9.17, 15) is 19.5 Å². The average molecular weight is 450 g/mol. The summed E-state index contributed by atoms with van der Waals surface area (Å²) < 4.78 is 0. The number of carbonyl (C=O) groups is 3. The van der Waals surface area contributed by atoms with Crippen LogP contribution in [-0.2, 0) is 4.79 Å². The number of aromatic amines is 1. The Labute approximate surface area is 196 Å². The minimum absolute atomic E-state index is 0.0607. The highest BCUT2D eigenvalue weighted by Crippen LogP contribution is 2.42. The average Bonchev–Trinajstić information content (AvgIpc) is 3.42. The van der Waals surface area contributed by atoms with Gasteiger partial charge >= 0.3 is 5.97 Å². The molecule has 2 aromatic carbocycles. The Morgan fingerprint density at radius 3 is 2.44 bits per heavy atom. The predicted octanol–water partition coefficient (Wildman–Crippen LogP) is 4.90. The van der Waals surface area contributed by atoms with Crippen LogP contribution in [0.3, 0.4) is 0 Å². The second kappa shape index (κ2) is 8.48. The SMILES string of the molecule is Cc1c(C(=O)O)[nH]c(C(=C2CNc3ccccc32)C2C=CC=CC2=O)c1C(=O)c1ccccc1. The molecule has 1 aliphatic heterocycles. The number of benzene rings is 2. The number of aromatic carboxylic acids is 1. The second-order valence-electron chi connectivity index (χ2n) is 8.29. The van der Waals surface area contributed by atoms with Gasteiger partial charge in [-0.05, 0) is 35.8 Å². The van der Waals surface area contributed by atoms with Crippen LogP contribution in [0.1, 0.15) is 43.2 Å². The minimum atomic E-state index is -1.16. The van der Waals surface area contributed by atoms with E-state index in [0.29, 0.717) is 28.9 Å². The maximum absolute atomic E-state index is 13.7. The molecule has 0 radical (unpaired) electrons. The zero-order valence-corrected chi connectivity index (χ0v) is 18.5. The lowest BCUT2D eigenvalue weighted by atomic mass is 9.82. The summed E-state index contributed by atoms with van der Waals surface area (Å²) in [6.45, 7) is 2.08. The predicted molar refractivity (Wildman–Crippen MR) is 131 cm³/mol. The number of hydrogen-bond donors (Lipinski definition) is 3. The first-order valence-electron chi connectivity index (χ1n) is 11.0. The van der Waals surface area contributed by atoms with Crippen LogP contribution in [0.2, 0.25) is 0 Å². The van der Waals surface area contributed by atoms with Crippen molar-refractivity contribution < 1.29 is 19.5 Å². The van der Waals surface area contributed by atoms with E-state index in [1.165, 1.54) is 6.08 Å². The number of carbonyl (C=O) groups excluding carboxylic acids is 2. The van der Waals surface area contributed by atoms with Gasteiger partial charge in [0.1, 0.15) is 5.69 Å². The normalized spacial score (nSPS) is 17.9. The molecule has 0 amide bonds. The van der Waals surface area contributed by atoms with Crippen LogP contribution in [0.5, 0.6) is 0 Å². The molecule has 34 heavy (non-hydrogen) atoms.